The molecule has 0 atom stereocenters. The van der Waals surface area contributed by atoms with Gasteiger partial charge in [0, 0.05) is 36.1 Å². The number of ether oxygens (including phenoxy) is 4. The summed E-state index contributed by atoms with van der Waals surface area (Å²) in [7, 11) is 6.28. The average molecular weight is 598 g/mol. The molecule has 0 unspecified atom stereocenters. The molecule has 1 aliphatic heterocycles. The number of carbonyl (C=O) groups is 1. The number of carbonyl (C=O) groups excluding carboxylic acids is 1. The summed E-state index contributed by atoms with van der Waals surface area (Å²) in [6.45, 7) is 3.29. The third kappa shape index (κ3) is 5.08. The molecule has 228 valence electrons. The molecule has 3 aromatic carbocycles. The maximum atomic E-state index is 14.0. The van der Waals surface area contributed by atoms with Gasteiger partial charge < -0.3 is 23.8 Å². The Hall–Kier alpha value is -5.06. The molecular formula is C33H35N5O6. The number of imidazole rings is 1. The quantitative estimate of drug-likeness (QED) is 0.221. The van der Waals surface area contributed by atoms with Crippen LogP contribution in [0.2, 0.25) is 0 Å². The first kappa shape index (κ1) is 29.0. The van der Waals surface area contributed by atoms with E-state index in [4.69, 9.17) is 18.9 Å². The first-order valence-electron chi connectivity index (χ1n) is 14.4. The standard InChI is InChI=1S/C33H35N5O6/c1-20-6-8-25-26(14-20)37(18-27(39)21-7-9-28(41-2)29(15-21)42-3)33(40)38(25)22-10-12-36(13-11-22)32-23-16-30(43-4)31(44-5)17-24(23)34-19-35-32/h6-9,14-17,19,22H,10-13,18H2,1-5H3. The summed E-state index contributed by atoms with van der Waals surface area (Å²) >= 11 is 0. The van der Waals surface area contributed by atoms with Crippen LogP contribution in [0.15, 0.2) is 59.7 Å². The molecule has 1 fully saturated rings. The van der Waals surface area contributed by atoms with Gasteiger partial charge in [0.1, 0.15) is 12.1 Å². The zero-order valence-corrected chi connectivity index (χ0v) is 25.5. The molecule has 0 spiro atoms. The highest BCUT2D eigenvalue weighted by Gasteiger charge is 2.28. The van der Waals surface area contributed by atoms with Gasteiger partial charge in [0.05, 0.1) is 51.5 Å². The summed E-state index contributed by atoms with van der Waals surface area (Å²) in [5.41, 5.74) is 3.60. The Kier molecular flexibility index (Phi) is 7.86. The van der Waals surface area contributed by atoms with E-state index in [1.165, 1.54) is 7.11 Å². The predicted molar refractivity (Wildman–Crippen MR) is 168 cm³/mol. The lowest BCUT2D eigenvalue weighted by Gasteiger charge is -2.33. The normalized spacial score (nSPS) is 13.8. The number of hydrogen-bond donors (Lipinski definition) is 0. The second kappa shape index (κ2) is 11.9. The van der Waals surface area contributed by atoms with E-state index in [1.807, 2.05) is 41.8 Å². The van der Waals surface area contributed by atoms with Gasteiger partial charge in [0.15, 0.2) is 28.8 Å². The topological polar surface area (TPSA) is 110 Å². The molecule has 6 rings (SSSR count). The van der Waals surface area contributed by atoms with Crippen molar-refractivity contribution in [1.82, 2.24) is 19.1 Å². The molecule has 1 saturated heterocycles. The maximum absolute atomic E-state index is 14.0. The van der Waals surface area contributed by atoms with Crippen molar-refractivity contribution in [3.05, 3.63) is 76.5 Å². The summed E-state index contributed by atoms with van der Waals surface area (Å²) in [5.74, 6) is 2.85. The summed E-state index contributed by atoms with van der Waals surface area (Å²) < 4.78 is 25.1. The molecule has 5 aromatic rings. The van der Waals surface area contributed by atoms with E-state index in [0.717, 1.165) is 46.2 Å². The Labute approximate surface area is 254 Å². The minimum Gasteiger partial charge on any atom is -0.493 e. The van der Waals surface area contributed by atoms with Crippen LogP contribution >= 0.6 is 0 Å². The van der Waals surface area contributed by atoms with E-state index < -0.39 is 0 Å². The van der Waals surface area contributed by atoms with Crippen LogP contribution in [0.25, 0.3) is 21.9 Å². The summed E-state index contributed by atoms with van der Waals surface area (Å²) in [6.07, 6.45) is 3.02. The molecule has 0 radical (unpaired) electrons. The molecule has 0 amide bonds. The lowest BCUT2D eigenvalue weighted by Crippen LogP contribution is -2.38. The van der Waals surface area contributed by atoms with Crippen LogP contribution in [0.1, 0.15) is 34.8 Å². The average Bonchev–Trinajstić information content (AvgIpc) is 3.32. The number of methoxy groups -OCH3 is 4. The van der Waals surface area contributed by atoms with Gasteiger partial charge in [-0.2, -0.15) is 0 Å². The van der Waals surface area contributed by atoms with Crippen molar-refractivity contribution in [3.63, 3.8) is 0 Å². The van der Waals surface area contributed by atoms with E-state index in [-0.39, 0.29) is 24.1 Å². The van der Waals surface area contributed by atoms with Crippen molar-refractivity contribution in [2.75, 3.05) is 46.4 Å². The minimum atomic E-state index is -0.192. The van der Waals surface area contributed by atoms with Crippen LogP contribution in [-0.4, -0.2) is 66.4 Å². The lowest BCUT2D eigenvalue weighted by molar-refractivity contribution is 0.0971. The highest BCUT2D eigenvalue weighted by molar-refractivity contribution is 5.97. The number of fused-ring (bicyclic) bond motifs is 2. The molecule has 0 bridgehead atoms. The van der Waals surface area contributed by atoms with Crippen molar-refractivity contribution in [2.45, 2.75) is 32.4 Å². The number of piperidine rings is 1. The Morgan fingerprint density at radius 2 is 1.50 bits per heavy atom. The molecule has 1 aliphatic rings. The first-order valence-corrected chi connectivity index (χ1v) is 14.4. The van der Waals surface area contributed by atoms with E-state index in [1.54, 1.807) is 50.4 Å². The molecular weight excluding hydrogens is 562 g/mol. The van der Waals surface area contributed by atoms with Crippen molar-refractivity contribution in [3.8, 4) is 23.0 Å². The fraction of sp³-hybridized carbons (Fsp3) is 0.333. The molecule has 2 aromatic heterocycles. The SMILES string of the molecule is COc1ccc(C(=O)Cn2c(=O)n(C3CCN(c4ncnc5cc(OC)c(OC)cc45)CC3)c3ccc(C)cc32)cc1OC. The third-order valence-electron chi connectivity index (χ3n) is 8.37. The van der Waals surface area contributed by atoms with Crippen molar-refractivity contribution >= 4 is 33.5 Å². The number of rotatable bonds is 9. The zero-order valence-electron chi connectivity index (χ0n) is 25.5. The number of Topliss-reactive ketones (excluding diaryl/α,β-unsaturated/α-hetero) is 1. The number of aromatic nitrogens is 4. The molecule has 0 saturated carbocycles. The van der Waals surface area contributed by atoms with Gasteiger partial charge >= 0.3 is 5.69 Å². The van der Waals surface area contributed by atoms with E-state index in [9.17, 15) is 9.59 Å². The molecule has 3 heterocycles. The van der Waals surface area contributed by atoms with Crippen LogP contribution in [-0.2, 0) is 6.54 Å². The molecule has 0 aliphatic carbocycles. The second-order valence-corrected chi connectivity index (χ2v) is 10.9. The van der Waals surface area contributed by atoms with Gasteiger partial charge in [0.25, 0.3) is 0 Å². The van der Waals surface area contributed by atoms with E-state index >= 15 is 0 Å². The summed E-state index contributed by atoms with van der Waals surface area (Å²) in [5, 5.41) is 0.876. The Bertz CT molecular complexity index is 1920. The zero-order chi connectivity index (χ0) is 31.0. The smallest absolute Gasteiger partial charge is 0.329 e. The first-order chi connectivity index (χ1) is 21.4. The second-order valence-electron chi connectivity index (χ2n) is 10.9. The number of aryl methyl sites for hydroxylation is 1. The highest BCUT2D eigenvalue weighted by Crippen LogP contribution is 2.36. The maximum Gasteiger partial charge on any atom is 0.329 e. The Balaban J connectivity index is 1.29. The summed E-state index contributed by atoms with van der Waals surface area (Å²) in [6, 6.07) is 14.7. The highest BCUT2D eigenvalue weighted by atomic mass is 16.5. The Morgan fingerprint density at radius 1 is 0.818 bits per heavy atom. The van der Waals surface area contributed by atoms with Crippen LogP contribution in [0.4, 0.5) is 5.82 Å². The number of nitrogens with zero attached hydrogens (tertiary/aromatic N) is 5. The minimum absolute atomic E-state index is 0.0379. The van der Waals surface area contributed by atoms with Crippen LogP contribution in [0, 0.1) is 6.92 Å². The lowest BCUT2D eigenvalue weighted by atomic mass is 10.0. The van der Waals surface area contributed by atoms with Crippen LogP contribution < -0.4 is 29.5 Å². The number of benzene rings is 3. The van der Waals surface area contributed by atoms with Crippen LogP contribution in [0.5, 0.6) is 23.0 Å². The fourth-order valence-corrected chi connectivity index (χ4v) is 6.10. The van der Waals surface area contributed by atoms with Gasteiger partial charge in [0.2, 0.25) is 0 Å². The van der Waals surface area contributed by atoms with Crippen molar-refractivity contribution < 1.29 is 23.7 Å². The number of ketones is 1. The fourth-order valence-electron chi connectivity index (χ4n) is 6.10. The molecule has 11 nitrogen and oxygen atoms in total. The van der Waals surface area contributed by atoms with Gasteiger partial charge in [-0.05, 0) is 61.7 Å². The number of anilines is 1. The summed E-state index contributed by atoms with van der Waals surface area (Å²) in [4.78, 5) is 38.7. The molecule has 0 N–H and O–H groups in total. The molecule has 11 heteroatoms. The van der Waals surface area contributed by atoms with Gasteiger partial charge in [-0.3, -0.25) is 13.9 Å². The monoisotopic (exact) mass is 597 g/mol. The van der Waals surface area contributed by atoms with E-state index in [2.05, 4.69) is 14.9 Å². The van der Waals surface area contributed by atoms with Crippen molar-refractivity contribution in [2.24, 2.45) is 0 Å². The predicted octanol–water partition coefficient (Wildman–Crippen LogP) is 4.81. The molecule has 44 heavy (non-hydrogen) atoms. The van der Waals surface area contributed by atoms with Gasteiger partial charge in [-0.15, -0.1) is 0 Å². The van der Waals surface area contributed by atoms with Crippen LogP contribution in [0.3, 0.4) is 0 Å². The number of hydrogen-bond acceptors (Lipinski definition) is 9. The third-order valence-corrected chi connectivity index (χ3v) is 8.37. The largest absolute Gasteiger partial charge is 0.493 e. The van der Waals surface area contributed by atoms with Gasteiger partial charge in [-0.25, -0.2) is 14.8 Å². The van der Waals surface area contributed by atoms with E-state index in [0.29, 0.717) is 41.7 Å². The van der Waals surface area contributed by atoms with Crippen molar-refractivity contribution in [1.29, 1.82) is 0 Å². The van der Waals surface area contributed by atoms with Gasteiger partial charge in [-0.1, -0.05) is 6.07 Å². The Morgan fingerprint density at radius 3 is 2.20 bits per heavy atom.